The van der Waals surface area contributed by atoms with Crippen molar-refractivity contribution in [1.29, 1.82) is 0 Å². The summed E-state index contributed by atoms with van der Waals surface area (Å²) in [6.45, 7) is 5.85. The third-order valence-corrected chi connectivity index (χ3v) is 3.72. The molecule has 0 atom stereocenters. The van der Waals surface area contributed by atoms with Crippen LogP contribution in [0.25, 0.3) is 5.69 Å². The van der Waals surface area contributed by atoms with E-state index in [-0.39, 0.29) is 5.82 Å². The van der Waals surface area contributed by atoms with E-state index in [1.54, 1.807) is 16.8 Å². The minimum Gasteiger partial charge on any atom is -0.354 e. The van der Waals surface area contributed by atoms with E-state index in [1.807, 2.05) is 19.1 Å². The first-order valence-corrected chi connectivity index (χ1v) is 6.90. The Labute approximate surface area is 118 Å². The topological polar surface area (TPSA) is 24.3 Å². The van der Waals surface area contributed by atoms with Crippen LogP contribution in [0, 0.1) is 12.7 Å². The number of likely N-dealkylation sites (N-methyl/N-ethyl adjacent to an activating group) is 1. The van der Waals surface area contributed by atoms with Gasteiger partial charge >= 0.3 is 0 Å². The molecule has 20 heavy (non-hydrogen) atoms. The molecule has 1 aliphatic rings. The van der Waals surface area contributed by atoms with E-state index in [0.29, 0.717) is 5.69 Å². The molecule has 1 aromatic heterocycles. The fourth-order valence-electron chi connectivity index (χ4n) is 2.55. The van der Waals surface area contributed by atoms with Crippen LogP contribution >= 0.6 is 0 Å². The summed E-state index contributed by atoms with van der Waals surface area (Å²) in [6, 6.07) is 8.80. The smallest absolute Gasteiger partial charge is 0.148 e. The molecule has 0 bridgehead atoms. The lowest BCUT2D eigenvalue weighted by Gasteiger charge is -2.33. The summed E-state index contributed by atoms with van der Waals surface area (Å²) in [7, 11) is 2.12. The Morgan fingerprint density at radius 1 is 1.10 bits per heavy atom. The van der Waals surface area contributed by atoms with Crippen LogP contribution in [0.5, 0.6) is 0 Å². The van der Waals surface area contributed by atoms with Crippen LogP contribution in [0.3, 0.4) is 0 Å². The van der Waals surface area contributed by atoms with Crippen molar-refractivity contribution in [3.05, 3.63) is 41.8 Å². The van der Waals surface area contributed by atoms with Crippen molar-refractivity contribution in [1.82, 2.24) is 14.7 Å². The molecule has 0 aliphatic carbocycles. The van der Waals surface area contributed by atoms with Crippen molar-refractivity contribution >= 4 is 5.82 Å². The highest BCUT2D eigenvalue weighted by atomic mass is 19.1. The zero-order valence-corrected chi connectivity index (χ0v) is 11.9. The third-order valence-electron chi connectivity index (χ3n) is 3.72. The molecule has 3 rings (SSSR count). The molecule has 0 unspecified atom stereocenters. The minimum absolute atomic E-state index is 0.244. The van der Waals surface area contributed by atoms with E-state index in [2.05, 4.69) is 21.9 Å². The summed E-state index contributed by atoms with van der Waals surface area (Å²) in [5.41, 5.74) is 1.41. The maximum Gasteiger partial charge on any atom is 0.148 e. The normalized spacial score (nSPS) is 16.6. The number of aryl methyl sites for hydroxylation is 1. The highest BCUT2D eigenvalue weighted by Crippen LogP contribution is 2.23. The van der Waals surface area contributed by atoms with Gasteiger partial charge in [-0.05, 0) is 26.1 Å². The third kappa shape index (κ3) is 2.41. The van der Waals surface area contributed by atoms with Gasteiger partial charge in [0, 0.05) is 32.2 Å². The maximum absolute atomic E-state index is 14.0. The Morgan fingerprint density at radius 2 is 1.80 bits per heavy atom. The summed E-state index contributed by atoms with van der Waals surface area (Å²) < 4.78 is 15.7. The lowest BCUT2D eigenvalue weighted by atomic mass is 10.3. The van der Waals surface area contributed by atoms with E-state index >= 15 is 0 Å². The lowest BCUT2D eigenvalue weighted by Crippen LogP contribution is -2.45. The number of rotatable bonds is 2. The minimum atomic E-state index is -0.244. The molecule has 1 fully saturated rings. The number of para-hydroxylation sites is 1. The molecule has 4 nitrogen and oxygen atoms in total. The summed E-state index contributed by atoms with van der Waals surface area (Å²) in [4.78, 5) is 4.57. The molecule has 0 saturated carbocycles. The van der Waals surface area contributed by atoms with Crippen molar-refractivity contribution in [2.75, 3.05) is 38.1 Å². The van der Waals surface area contributed by atoms with Crippen LogP contribution in [0.2, 0.25) is 0 Å². The highest BCUT2D eigenvalue weighted by molar-refractivity contribution is 5.49. The number of aromatic nitrogens is 2. The van der Waals surface area contributed by atoms with E-state index in [0.717, 1.165) is 37.7 Å². The Hall–Kier alpha value is -1.88. The van der Waals surface area contributed by atoms with Gasteiger partial charge in [0.15, 0.2) is 0 Å². The molecule has 2 heterocycles. The van der Waals surface area contributed by atoms with Crippen LogP contribution in [0.1, 0.15) is 5.69 Å². The van der Waals surface area contributed by atoms with Gasteiger partial charge in [-0.2, -0.15) is 5.10 Å². The molecule has 2 aromatic rings. The monoisotopic (exact) mass is 274 g/mol. The first kappa shape index (κ1) is 13.1. The molecule has 1 aromatic carbocycles. The summed E-state index contributed by atoms with van der Waals surface area (Å²) in [5, 5.41) is 4.46. The van der Waals surface area contributed by atoms with Crippen LogP contribution in [0.15, 0.2) is 30.3 Å². The maximum atomic E-state index is 14.0. The van der Waals surface area contributed by atoms with Crippen LogP contribution < -0.4 is 4.90 Å². The standard InChI is InChI=1S/C15H19FN4/c1-12-11-15(19-9-7-18(2)8-10-19)20(17-12)14-6-4-3-5-13(14)16/h3-6,11H,7-10H2,1-2H3. The van der Waals surface area contributed by atoms with Gasteiger partial charge in [0.1, 0.15) is 17.3 Å². The van der Waals surface area contributed by atoms with Gasteiger partial charge in [-0.15, -0.1) is 0 Å². The van der Waals surface area contributed by atoms with Crippen LogP contribution in [-0.2, 0) is 0 Å². The SMILES string of the molecule is Cc1cc(N2CCN(C)CC2)n(-c2ccccc2F)n1. The fraction of sp³-hybridized carbons (Fsp3) is 0.400. The van der Waals surface area contributed by atoms with Gasteiger partial charge in [0.05, 0.1) is 5.69 Å². The van der Waals surface area contributed by atoms with E-state index in [9.17, 15) is 4.39 Å². The Balaban J connectivity index is 1.98. The van der Waals surface area contributed by atoms with Gasteiger partial charge in [-0.3, -0.25) is 0 Å². The van der Waals surface area contributed by atoms with E-state index in [4.69, 9.17) is 0 Å². The molecule has 0 spiro atoms. The average molecular weight is 274 g/mol. The van der Waals surface area contributed by atoms with E-state index < -0.39 is 0 Å². The molecule has 1 aliphatic heterocycles. The summed E-state index contributed by atoms with van der Waals surface area (Å²) in [6.07, 6.45) is 0. The van der Waals surface area contributed by atoms with Crippen molar-refractivity contribution in [2.24, 2.45) is 0 Å². The molecule has 106 valence electrons. The number of benzene rings is 1. The predicted molar refractivity (Wildman–Crippen MR) is 78.0 cm³/mol. The predicted octanol–water partition coefficient (Wildman–Crippen LogP) is 2.07. The number of hydrogen-bond acceptors (Lipinski definition) is 3. The van der Waals surface area contributed by atoms with Crippen molar-refractivity contribution in [2.45, 2.75) is 6.92 Å². The molecule has 0 radical (unpaired) electrons. The second-order valence-electron chi connectivity index (χ2n) is 5.30. The van der Waals surface area contributed by atoms with Gasteiger partial charge in [-0.25, -0.2) is 9.07 Å². The zero-order chi connectivity index (χ0) is 14.1. The number of nitrogens with zero attached hydrogens (tertiary/aromatic N) is 4. The fourth-order valence-corrected chi connectivity index (χ4v) is 2.55. The lowest BCUT2D eigenvalue weighted by molar-refractivity contribution is 0.311. The van der Waals surface area contributed by atoms with Gasteiger partial charge in [0.25, 0.3) is 0 Å². The average Bonchev–Trinajstić information content (AvgIpc) is 2.82. The van der Waals surface area contributed by atoms with Crippen LogP contribution in [-0.4, -0.2) is 47.9 Å². The van der Waals surface area contributed by atoms with Gasteiger partial charge < -0.3 is 9.80 Å². The summed E-state index contributed by atoms with van der Waals surface area (Å²) in [5.74, 6) is 0.728. The second kappa shape index (κ2) is 5.25. The molecule has 5 heteroatoms. The van der Waals surface area contributed by atoms with Crippen molar-refractivity contribution in [3.63, 3.8) is 0 Å². The molecular formula is C15H19FN4. The van der Waals surface area contributed by atoms with Crippen molar-refractivity contribution in [3.8, 4) is 5.69 Å². The number of hydrogen-bond donors (Lipinski definition) is 0. The first-order valence-electron chi connectivity index (χ1n) is 6.90. The molecule has 1 saturated heterocycles. The Morgan fingerprint density at radius 3 is 2.50 bits per heavy atom. The molecule has 0 N–H and O–H groups in total. The number of anilines is 1. The largest absolute Gasteiger partial charge is 0.354 e. The number of piperazine rings is 1. The first-order chi connectivity index (χ1) is 9.65. The second-order valence-corrected chi connectivity index (χ2v) is 5.30. The molecular weight excluding hydrogens is 255 g/mol. The number of halogens is 1. The van der Waals surface area contributed by atoms with Gasteiger partial charge in [-0.1, -0.05) is 12.1 Å². The quantitative estimate of drug-likeness (QED) is 0.838. The Kier molecular flexibility index (Phi) is 3.44. The zero-order valence-electron chi connectivity index (χ0n) is 11.9. The van der Waals surface area contributed by atoms with E-state index in [1.165, 1.54) is 6.07 Å². The van der Waals surface area contributed by atoms with Crippen molar-refractivity contribution < 1.29 is 4.39 Å². The molecule has 0 amide bonds. The highest BCUT2D eigenvalue weighted by Gasteiger charge is 2.20. The summed E-state index contributed by atoms with van der Waals surface area (Å²) >= 11 is 0. The van der Waals surface area contributed by atoms with Gasteiger partial charge in [0.2, 0.25) is 0 Å². The Bertz CT molecular complexity index is 600. The van der Waals surface area contributed by atoms with Crippen LogP contribution in [0.4, 0.5) is 10.2 Å².